The Kier molecular flexibility index (Phi) is 18.4. The minimum Gasteiger partial charge on any atom is -0.673 e. The fourth-order valence-corrected chi connectivity index (χ4v) is 0. The van der Waals surface area contributed by atoms with E-state index < -0.39 is 25.0 Å². The molecule has 0 heterocycles. The van der Waals surface area contributed by atoms with Crippen molar-refractivity contribution < 1.29 is 36.9 Å². The maximum Gasteiger partial charge on any atom is 4.00 e. The summed E-state index contributed by atoms with van der Waals surface area (Å²) in [6.45, 7) is -1.28. The summed E-state index contributed by atoms with van der Waals surface area (Å²) in [6, 6.07) is 0. The molecule has 0 aliphatic carbocycles. The zero-order chi connectivity index (χ0) is 8.57. The SMILES string of the molecule is [Fe+4].[NH-]CC(=O)[O-].[NH-]CC(=O)[O-]. The Hall–Kier alpha value is -0.621. The maximum atomic E-state index is 9.07. The first-order valence-corrected chi connectivity index (χ1v) is 2.23. The van der Waals surface area contributed by atoms with Gasteiger partial charge in [-0.15, -0.1) is 13.1 Å². The fraction of sp³-hybridized carbons (Fsp3) is 0.500. The van der Waals surface area contributed by atoms with Crippen LogP contribution in [0.2, 0.25) is 0 Å². The average Bonchev–Trinajstić information content (AvgIpc) is 1.89. The van der Waals surface area contributed by atoms with Crippen molar-refractivity contribution in [2.45, 2.75) is 0 Å². The molecule has 0 aromatic heterocycles. The van der Waals surface area contributed by atoms with Crippen LogP contribution < -0.4 is 10.2 Å². The topological polar surface area (TPSA) is 128 Å². The van der Waals surface area contributed by atoms with Crippen molar-refractivity contribution >= 4 is 11.9 Å². The molecule has 0 bridgehead atoms. The number of rotatable bonds is 2. The van der Waals surface area contributed by atoms with Crippen LogP contribution in [0.4, 0.5) is 0 Å². The molecular weight excluding hydrogens is 196 g/mol. The molecule has 0 aliphatic rings. The molecule has 0 unspecified atom stereocenters. The molecule has 7 heteroatoms. The molecule has 0 atom stereocenters. The van der Waals surface area contributed by atoms with E-state index in [1.807, 2.05) is 0 Å². The predicted molar refractivity (Wildman–Crippen MR) is 28.4 cm³/mol. The van der Waals surface area contributed by atoms with Gasteiger partial charge < -0.3 is 31.3 Å². The number of hydrogen-bond donors (Lipinski definition) is 0. The Labute approximate surface area is 74.0 Å². The normalized spacial score (nSPS) is 6.73. The fourth-order valence-electron chi connectivity index (χ4n) is 0. The van der Waals surface area contributed by atoms with Gasteiger partial charge in [0.05, 0.1) is 0 Å². The van der Waals surface area contributed by atoms with Crippen molar-refractivity contribution in [1.82, 2.24) is 0 Å². The summed E-state index contributed by atoms with van der Waals surface area (Å²) < 4.78 is 0. The van der Waals surface area contributed by atoms with Gasteiger partial charge in [-0.2, -0.15) is 0 Å². The molecule has 0 spiro atoms. The van der Waals surface area contributed by atoms with Crippen molar-refractivity contribution in [3.05, 3.63) is 11.5 Å². The molecule has 64 valence electrons. The van der Waals surface area contributed by atoms with Crippen LogP contribution in [0.25, 0.3) is 11.5 Å². The number of aliphatic carboxylic acids is 2. The van der Waals surface area contributed by atoms with E-state index in [2.05, 4.69) is 0 Å². The van der Waals surface area contributed by atoms with E-state index in [1.54, 1.807) is 0 Å². The van der Waals surface area contributed by atoms with Gasteiger partial charge in [0.2, 0.25) is 0 Å². The van der Waals surface area contributed by atoms with Gasteiger partial charge in [0, 0.05) is 11.9 Å². The molecule has 0 aromatic carbocycles. The van der Waals surface area contributed by atoms with Crippen LogP contribution in [0.3, 0.4) is 0 Å². The van der Waals surface area contributed by atoms with Gasteiger partial charge in [0.25, 0.3) is 0 Å². The second kappa shape index (κ2) is 12.1. The molecule has 0 amide bonds. The summed E-state index contributed by atoms with van der Waals surface area (Å²) in [5, 5.41) is 18.1. The Bertz CT molecular complexity index is 105. The average molecular weight is 202 g/mol. The monoisotopic (exact) mass is 202 g/mol. The van der Waals surface area contributed by atoms with Crippen LogP contribution in [0.15, 0.2) is 0 Å². The zero-order valence-corrected chi connectivity index (χ0v) is 6.50. The molecule has 0 radical (unpaired) electrons. The van der Waals surface area contributed by atoms with E-state index in [0.29, 0.717) is 0 Å². The molecule has 0 aliphatic heterocycles. The van der Waals surface area contributed by atoms with Gasteiger partial charge in [-0.25, -0.2) is 0 Å². The number of carboxylic acids is 2. The van der Waals surface area contributed by atoms with Crippen molar-refractivity contribution in [3.63, 3.8) is 0 Å². The first-order chi connectivity index (χ1) is 4.54. The van der Waals surface area contributed by atoms with Gasteiger partial charge in [0.1, 0.15) is 0 Å². The summed E-state index contributed by atoms with van der Waals surface area (Å²) in [7, 11) is 0. The maximum absolute atomic E-state index is 9.07. The predicted octanol–water partition coefficient (Wildman–Crippen LogP) is -2.43. The third-order valence-corrected chi connectivity index (χ3v) is 0.289. The molecule has 0 rings (SSSR count). The summed E-state index contributed by atoms with van der Waals surface area (Å²) in [5.74, 6) is -2.66. The standard InChI is InChI=1S/2C2H4NO2.Fe/c2*3-1-2(4)5;/h2*3H,1H2,(H,4,5);/q2*-1;+4/p-2. The van der Waals surface area contributed by atoms with Crippen LogP contribution in [0.1, 0.15) is 0 Å². The van der Waals surface area contributed by atoms with Gasteiger partial charge >= 0.3 is 17.1 Å². The van der Waals surface area contributed by atoms with E-state index >= 15 is 0 Å². The number of carboxylic acid groups (broad SMARTS) is 2. The molecule has 6 nitrogen and oxygen atoms in total. The van der Waals surface area contributed by atoms with Crippen LogP contribution in [0.5, 0.6) is 0 Å². The van der Waals surface area contributed by atoms with Gasteiger partial charge in [-0.1, -0.05) is 0 Å². The number of carbonyl (C=O) groups is 2. The summed E-state index contributed by atoms with van der Waals surface area (Å²) >= 11 is 0. The summed E-state index contributed by atoms with van der Waals surface area (Å²) in [6.07, 6.45) is 0. The zero-order valence-electron chi connectivity index (χ0n) is 5.40. The van der Waals surface area contributed by atoms with E-state index in [0.717, 1.165) is 0 Å². The largest absolute Gasteiger partial charge is 4.00 e. The Morgan fingerprint density at radius 2 is 1.09 bits per heavy atom. The molecule has 11 heavy (non-hydrogen) atoms. The minimum atomic E-state index is -1.33. The Morgan fingerprint density at radius 3 is 1.09 bits per heavy atom. The third-order valence-electron chi connectivity index (χ3n) is 0.289. The van der Waals surface area contributed by atoms with Crippen LogP contribution >= 0.6 is 0 Å². The first-order valence-electron chi connectivity index (χ1n) is 2.23. The number of nitrogens with one attached hydrogen (secondary N) is 2. The van der Waals surface area contributed by atoms with E-state index in [9.17, 15) is 0 Å². The molecule has 0 fully saturated rings. The molecule has 2 N–H and O–H groups in total. The second-order valence-corrected chi connectivity index (χ2v) is 1.10. The molecule has 0 saturated heterocycles. The van der Waals surface area contributed by atoms with Crippen LogP contribution in [-0.2, 0) is 26.7 Å². The van der Waals surface area contributed by atoms with Crippen molar-refractivity contribution in [1.29, 1.82) is 0 Å². The van der Waals surface area contributed by atoms with E-state index in [-0.39, 0.29) is 17.1 Å². The number of carbonyl (C=O) groups excluding carboxylic acids is 2. The van der Waals surface area contributed by atoms with E-state index in [4.69, 9.17) is 31.3 Å². The smallest absolute Gasteiger partial charge is 0.673 e. The molecule has 0 saturated carbocycles. The van der Waals surface area contributed by atoms with Gasteiger partial charge in [-0.3, -0.25) is 0 Å². The minimum absolute atomic E-state index is 0. The van der Waals surface area contributed by atoms with Crippen molar-refractivity contribution in [3.8, 4) is 0 Å². The molecule has 0 aromatic rings. The summed E-state index contributed by atoms with van der Waals surface area (Å²) in [5.41, 5.74) is 12.0. The number of hydrogen-bond acceptors (Lipinski definition) is 4. The van der Waals surface area contributed by atoms with Crippen LogP contribution in [-0.4, -0.2) is 25.0 Å². The second-order valence-electron chi connectivity index (χ2n) is 1.10. The van der Waals surface area contributed by atoms with E-state index in [1.165, 1.54) is 0 Å². The Balaban J connectivity index is -0.000000107. The summed E-state index contributed by atoms with van der Waals surface area (Å²) in [4.78, 5) is 18.1. The van der Waals surface area contributed by atoms with Gasteiger partial charge in [0.15, 0.2) is 0 Å². The van der Waals surface area contributed by atoms with Crippen LogP contribution in [0, 0.1) is 0 Å². The quantitative estimate of drug-likeness (QED) is 0.461. The van der Waals surface area contributed by atoms with Crippen molar-refractivity contribution in [2.24, 2.45) is 0 Å². The van der Waals surface area contributed by atoms with Crippen molar-refractivity contribution in [2.75, 3.05) is 13.1 Å². The third kappa shape index (κ3) is 44.7. The molecular formula is C4H6FeN2O4. The van der Waals surface area contributed by atoms with Gasteiger partial charge in [-0.05, 0) is 0 Å². The first kappa shape index (κ1) is 16.8. The Morgan fingerprint density at radius 1 is 1.00 bits per heavy atom.